The lowest BCUT2D eigenvalue weighted by molar-refractivity contribution is -0.144. The van der Waals surface area contributed by atoms with Crippen molar-refractivity contribution in [3.05, 3.63) is 34.9 Å². The first-order chi connectivity index (χ1) is 10.5. The van der Waals surface area contributed by atoms with Gasteiger partial charge in [-0.05, 0) is 62.6 Å². The van der Waals surface area contributed by atoms with Crippen molar-refractivity contribution in [2.75, 3.05) is 6.54 Å². The molecule has 1 saturated carbocycles. The number of carboxylic acids is 1. The van der Waals surface area contributed by atoms with Gasteiger partial charge in [0.25, 0.3) is 0 Å². The van der Waals surface area contributed by atoms with Gasteiger partial charge in [0, 0.05) is 12.5 Å². The van der Waals surface area contributed by atoms with E-state index in [1.807, 2.05) is 6.07 Å². The summed E-state index contributed by atoms with van der Waals surface area (Å²) < 4.78 is 0. The highest BCUT2D eigenvalue weighted by atomic mass is 16.4. The highest BCUT2D eigenvalue weighted by Gasteiger charge is 2.29. The second-order valence-electron chi connectivity index (χ2n) is 6.30. The van der Waals surface area contributed by atoms with Gasteiger partial charge in [0.15, 0.2) is 0 Å². The Bertz CT molecular complexity index is 525. The summed E-state index contributed by atoms with van der Waals surface area (Å²) in [4.78, 5) is 23.1. The topological polar surface area (TPSA) is 66.4 Å². The number of nitrogens with one attached hydrogen (secondary N) is 1. The van der Waals surface area contributed by atoms with Gasteiger partial charge >= 0.3 is 5.97 Å². The van der Waals surface area contributed by atoms with Crippen molar-refractivity contribution in [3.8, 4) is 0 Å². The van der Waals surface area contributed by atoms with Crippen LogP contribution in [0.15, 0.2) is 18.2 Å². The Morgan fingerprint density at radius 1 is 1.09 bits per heavy atom. The van der Waals surface area contributed by atoms with Gasteiger partial charge in [-0.15, -0.1) is 0 Å². The van der Waals surface area contributed by atoms with Crippen LogP contribution >= 0.6 is 0 Å². The van der Waals surface area contributed by atoms with Gasteiger partial charge < -0.3 is 10.4 Å². The Kier molecular flexibility index (Phi) is 5.58. The molecule has 0 atom stereocenters. The lowest BCUT2D eigenvalue weighted by atomic mass is 9.81. The van der Waals surface area contributed by atoms with Crippen LogP contribution in [0.2, 0.25) is 0 Å². The van der Waals surface area contributed by atoms with Crippen LogP contribution in [0.5, 0.6) is 0 Å². The van der Waals surface area contributed by atoms with E-state index in [-0.39, 0.29) is 17.7 Å². The Morgan fingerprint density at radius 3 is 2.18 bits per heavy atom. The predicted octanol–water partition coefficient (Wildman–Crippen LogP) is 2.85. The first kappa shape index (κ1) is 16.5. The molecule has 4 nitrogen and oxygen atoms in total. The van der Waals surface area contributed by atoms with Crippen LogP contribution in [0.3, 0.4) is 0 Å². The molecule has 1 aromatic rings. The average Bonchev–Trinajstić information content (AvgIpc) is 2.50. The quantitative estimate of drug-likeness (QED) is 0.879. The molecule has 1 amide bonds. The molecule has 2 N–H and O–H groups in total. The zero-order chi connectivity index (χ0) is 16.1. The molecule has 22 heavy (non-hydrogen) atoms. The monoisotopic (exact) mass is 303 g/mol. The molecule has 0 radical (unpaired) electrons. The second kappa shape index (κ2) is 7.43. The first-order valence-corrected chi connectivity index (χ1v) is 8.04. The van der Waals surface area contributed by atoms with Crippen molar-refractivity contribution in [1.29, 1.82) is 0 Å². The minimum atomic E-state index is -0.728. The van der Waals surface area contributed by atoms with E-state index in [0.717, 1.165) is 6.42 Å². The molecular weight excluding hydrogens is 278 g/mol. The van der Waals surface area contributed by atoms with Gasteiger partial charge in [-0.1, -0.05) is 18.2 Å². The van der Waals surface area contributed by atoms with Crippen LogP contribution in [-0.2, 0) is 16.0 Å². The molecule has 0 unspecified atom stereocenters. The molecule has 1 fully saturated rings. The molecule has 4 heteroatoms. The fourth-order valence-corrected chi connectivity index (χ4v) is 3.30. The van der Waals surface area contributed by atoms with Gasteiger partial charge in [0.2, 0.25) is 5.91 Å². The minimum Gasteiger partial charge on any atom is -0.481 e. The van der Waals surface area contributed by atoms with E-state index in [1.54, 1.807) is 0 Å². The summed E-state index contributed by atoms with van der Waals surface area (Å²) in [6.07, 6.45) is 3.45. The van der Waals surface area contributed by atoms with E-state index < -0.39 is 5.97 Å². The number of carboxylic acid groups (broad SMARTS) is 1. The highest BCUT2D eigenvalue weighted by molar-refractivity contribution is 5.79. The van der Waals surface area contributed by atoms with Crippen LogP contribution in [-0.4, -0.2) is 23.5 Å². The van der Waals surface area contributed by atoms with Crippen LogP contribution < -0.4 is 5.32 Å². The first-order valence-electron chi connectivity index (χ1n) is 8.04. The van der Waals surface area contributed by atoms with Crippen molar-refractivity contribution in [1.82, 2.24) is 5.32 Å². The second-order valence-corrected chi connectivity index (χ2v) is 6.30. The maximum Gasteiger partial charge on any atom is 0.306 e. The molecule has 1 aliphatic carbocycles. The molecule has 2 rings (SSSR count). The number of aryl methyl sites for hydroxylation is 2. The van der Waals surface area contributed by atoms with E-state index >= 15 is 0 Å². The summed E-state index contributed by atoms with van der Waals surface area (Å²) in [5.41, 5.74) is 3.82. The number of carbonyl (C=O) groups excluding carboxylic acids is 1. The zero-order valence-corrected chi connectivity index (χ0v) is 13.4. The highest BCUT2D eigenvalue weighted by Crippen LogP contribution is 2.29. The van der Waals surface area contributed by atoms with E-state index in [1.165, 1.54) is 16.7 Å². The number of hydrogen-bond acceptors (Lipinski definition) is 2. The van der Waals surface area contributed by atoms with E-state index in [9.17, 15) is 9.59 Å². The molecule has 0 aromatic heterocycles. The molecule has 0 aliphatic heterocycles. The molecule has 1 aliphatic rings. The van der Waals surface area contributed by atoms with Gasteiger partial charge in [-0.2, -0.15) is 0 Å². The van der Waals surface area contributed by atoms with Crippen LogP contribution in [0.1, 0.15) is 42.4 Å². The molecule has 120 valence electrons. The number of aliphatic carboxylic acids is 1. The molecule has 0 saturated heterocycles. The zero-order valence-electron chi connectivity index (χ0n) is 13.4. The van der Waals surface area contributed by atoms with Crippen LogP contribution in [0, 0.1) is 25.7 Å². The predicted molar refractivity (Wildman–Crippen MR) is 85.7 cm³/mol. The Hall–Kier alpha value is -1.84. The lowest BCUT2D eigenvalue weighted by Crippen LogP contribution is -2.35. The van der Waals surface area contributed by atoms with Crippen molar-refractivity contribution in [3.63, 3.8) is 0 Å². The van der Waals surface area contributed by atoms with E-state index in [4.69, 9.17) is 5.11 Å². The fourth-order valence-electron chi connectivity index (χ4n) is 3.30. The summed E-state index contributed by atoms with van der Waals surface area (Å²) in [7, 11) is 0. The van der Waals surface area contributed by atoms with Gasteiger partial charge in [0.1, 0.15) is 0 Å². The largest absolute Gasteiger partial charge is 0.481 e. The third-order valence-corrected chi connectivity index (χ3v) is 4.77. The molecule has 0 bridgehead atoms. The smallest absolute Gasteiger partial charge is 0.306 e. The van der Waals surface area contributed by atoms with Crippen molar-refractivity contribution in [2.24, 2.45) is 11.8 Å². The number of benzene rings is 1. The number of amides is 1. The number of hydrogen-bond donors (Lipinski definition) is 2. The standard InChI is InChI=1S/C18H25NO3/c1-12-4-3-5-13(2)16(12)10-11-19-17(20)14-6-8-15(9-7-14)18(21)22/h3-5,14-15H,6-11H2,1-2H3,(H,19,20)(H,21,22). The summed E-state index contributed by atoms with van der Waals surface area (Å²) in [6.45, 7) is 4.83. The average molecular weight is 303 g/mol. The summed E-state index contributed by atoms with van der Waals surface area (Å²) in [5, 5.41) is 12.0. The third-order valence-electron chi connectivity index (χ3n) is 4.77. The van der Waals surface area contributed by atoms with Crippen molar-refractivity contribution in [2.45, 2.75) is 46.0 Å². The Morgan fingerprint density at radius 2 is 1.64 bits per heavy atom. The molecule has 0 spiro atoms. The molecular formula is C18H25NO3. The van der Waals surface area contributed by atoms with Crippen molar-refractivity contribution >= 4 is 11.9 Å². The summed E-state index contributed by atoms with van der Waals surface area (Å²) in [6, 6.07) is 6.24. The molecule has 0 heterocycles. The lowest BCUT2D eigenvalue weighted by Gasteiger charge is -2.25. The maximum atomic E-state index is 12.2. The Balaban J connectivity index is 1.78. The summed E-state index contributed by atoms with van der Waals surface area (Å²) >= 11 is 0. The minimum absolute atomic E-state index is 0.0198. The number of rotatable bonds is 5. The SMILES string of the molecule is Cc1cccc(C)c1CCNC(=O)C1CCC(C(=O)O)CC1. The van der Waals surface area contributed by atoms with Gasteiger partial charge in [0.05, 0.1) is 5.92 Å². The fraction of sp³-hybridized carbons (Fsp3) is 0.556. The number of carbonyl (C=O) groups is 2. The van der Waals surface area contributed by atoms with E-state index in [0.29, 0.717) is 32.2 Å². The van der Waals surface area contributed by atoms with Crippen LogP contribution in [0.4, 0.5) is 0 Å². The van der Waals surface area contributed by atoms with Crippen LogP contribution in [0.25, 0.3) is 0 Å². The summed E-state index contributed by atoms with van der Waals surface area (Å²) in [5.74, 6) is -0.934. The van der Waals surface area contributed by atoms with Crippen molar-refractivity contribution < 1.29 is 14.7 Å². The molecule has 1 aromatic carbocycles. The van der Waals surface area contributed by atoms with Gasteiger partial charge in [-0.3, -0.25) is 9.59 Å². The van der Waals surface area contributed by atoms with Gasteiger partial charge in [-0.25, -0.2) is 0 Å². The normalized spacial score (nSPS) is 21.4. The van der Waals surface area contributed by atoms with E-state index in [2.05, 4.69) is 31.3 Å². The maximum absolute atomic E-state index is 12.2. The third kappa shape index (κ3) is 4.09. The Labute approximate surface area is 131 Å².